The topological polar surface area (TPSA) is 95.1 Å². The molecule has 1 fully saturated rings. The number of hydrogen-bond acceptors (Lipinski definition) is 3. The van der Waals surface area contributed by atoms with E-state index >= 15 is 0 Å². The van der Waals surface area contributed by atoms with Gasteiger partial charge in [-0.05, 0) is 18.3 Å². The van der Waals surface area contributed by atoms with Crippen molar-refractivity contribution >= 4 is 11.9 Å². The maximum Gasteiger partial charge on any atom is 0.307 e. The first kappa shape index (κ1) is 12.0. The van der Waals surface area contributed by atoms with E-state index < -0.39 is 17.8 Å². The van der Waals surface area contributed by atoms with Gasteiger partial charge in [0.1, 0.15) is 0 Å². The van der Waals surface area contributed by atoms with Crippen LogP contribution in [0.25, 0.3) is 0 Å². The van der Waals surface area contributed by atoms with Gasteiger partial charge in [-0.25, -0.2) is 0 Å². The molecule has 3 rings (SSSR count). The number of aliphatic carboxylic acids is 1. The third kappa shape index (κ3) is 2.03. The monoisotopic (exact) mass is 261 g/mol. The molecule has 6 nitrogen and oxygen atoms in total. The molecule has 0 radical (unpaired) electrons. The van der Waals surface area contributed by atoms with E-state index in [9.17, 15) is 14.7 Å². The van der Waals surface area contributed by atoms with Crippen LogP contribution < -0.4 is 5.32 Å². The molecule has 1 saturated carbocycles. The highest BCUT2D eigenvalue weighted by atomic mass is 16.4. The van der Waals surface area contributed by atoms with Gasteiger partial charge < -0.3 is 10.4 Å². The van der Waals surface area contributed by atoms with Crippen LogP contribution >= 0.6 is 0 Å². The van der Waals surface area contributed by atoms with Gasteiger partial charge in [-0.3, -0.25) is 14.7 Å². The van der Waals surface area contributed by atoms with Gasteiger partial charge in [-0.1, -0.05) is 12.2 Å². The third-order valence-electron chi connectivity index (χ3n) is 4.07. The molecule has 6 heteroatoms. The van der Waals surface area contributed by atoms with Crippen LogP contribution in [-0.2, 0) is 16.1 Å². The van der Waals surface area contributed by atoms with E-state index in [1.807, 2.05) is 12.2 Å². The fraction of sp³-hybridized carbons (Fsp3) is 0.462. The van der Waals surface area contributed by atoms with E-state index in [4.69, 9.17) is 0 Å². The van der Waals surface area contributed by atoms with Crippen molar-refractivity contribution in [2.75, 3.05) is 0 Å². The smallest absolute Gasteiger partial charge is 0.307 e. The molecule has 4 atom stereocenters. The fourth-order valence-corrected chi connectivity index (χ4v) is 3.20. The number of nitrogens with zero attached hydrogens (tertiary/aromatic N) is 1. The van der Waals surface area contributed by atoms with Crippen LogP contribution in [-0.4, -0.2) is 27.2 Å². The number of allylic oxidation sites excluding steroid dienone is 2. The van der Waals surface area contributed by atoms with E-state index in [1.54, 1.807) is 12.4 Å². The summed E-state index contributed by atoms with van der Waals surface area (Å²) in [6.07, 6.45) is 8.03. The Hall–Kier alpha value is -2.11. The zero-order valence-corrected chi connectivity index (χ0v) is 10.2. The van der Waals surface area contributed by atoms with Crippen molar-refractivity contribution in [3.05, 3.63) is 30.1 Å². The molecular weight excluding hydrogens is 246 g/mol. The fourth-order valence-electron chi connectivity index (χ4n) is 3.20. The summed E-state index contributed by atoms with van der Waals surface area (Å²) in [5.74, 6) is -2.01. The molecule has 1 aromatic heterocycles. The summed E-state index contributed by atoms with van der Waals surface area (Å²) < 4.78 is 0. The number of carbonyl (C=O) groups is 2. The van der Waals surface area contributed by atoms with Gasteiger partial charge in [0.2, 0.25) is 5.91 Å². The highest BCUT2D eigenvalue weighted by Crippen LogP contribution is 2.48. The molecular formula is C13H15N3O3. The molecule has 3 N–H and O–H groups in total. The first-order valence-electron chi connectivity index (χ1n) is 6.33. The third-order valence-corrected chi connectivity index (χ3v) is 4.07. The molecule has 0 spiro atoms. The summed E-state index contributed by atoms with van der Waals surface area (Å²) in [5, 5.41) is 18.5. The molecule has 2 unspecified atom stereocenters. The van der Waals surface area contributed by atoms with Gasteiger partial charge in [0.15, 0.2) is 0 Å². The molecule has 2 aliphatic carbocycles. The Morgan fingerprint density at radius 2 is 2.11 bits per heavy atom. The number of aromatic amines is 1. The van der Waals surface area contributed by atoms with Crippen molar-refractivity contribution in [1.82, 2.24) is 15.5 Å². The summed E-state index contributed by atoms with van der Waals surface area (Å²) in [6.45, 7) is 0.374. The highest BCUT2D eigenvalue weighted by molar-refractivity contribution is 5.86. The van der Waals surface area contributed by atoms with Crippen LogP contribution in [0.4, 0.5) is 0 Å². The number of amides is 1. The van der Waals surface area contributed by atoms with E-state index in [1.165, 1.54) is 0 Å². The SMILES string of the molecule is O=C(O)[C@@H]1C2C=CC(C2)[C@@H]1C(=O)NCc1cn[nH]c1. The quantitative estimate of drug-likeness (QED) is 0.690. The van der Waals surface area contributed by atoms with Gasteiger partial charge >= 0.3 is 5.97 Å². The number of carboxylic acids is 1. The minimum atomic E-state index is -0.875. The van der Waals surface area contributed by atoms with Crippen LogP contribution in [0.3, 0.4) is 0 Å². The van der Waals surface area contributed by atoms with Crippen molar-refractivity contribution in [3.63, 3.8) is 0 Å². The number of nitrogens with one attached hydrogen (secondary N) is 2. The zero-order chi connectivity index (χ0) is 13.4. The Morgan fingerprint density at radius 1 is 1.37 bits per heavy atom. The lowest BCUT2D eigenvalue weighted by atomic mass is 9.82. The Bertz CT molecular complexity index is 523. The minimum absolute atomic E-state index is 0.00664. The number of carboxylic acid groups (broad SMARTS) is 1. The van der Waals surface area contributed by atoms with Gasteiger partial charge in [0, 0.05) is 18.3 Å². The number of rotatable bonds is 4. The van der Waals surface area contributed by atoms with Crippen molar-refractivity contribution < 1.29 is 14.7 Å². The zero-order valence-electron chi connectivity index (χ0n) is 10.2. The number of carbonyl (C=O) groups excluding carboxylic acids is 1. The Labute approximate surface area is 109 Å². The first-order valence-corrected chi connectivity index (χ1v) is 6.33. The van der Waals surface area contributed by atoms with E-state index in [2.05, 4.69) is 15.5 Å². The second-order valence-electron chi connectivity index (χ2n) is 5.16. The van der Waals surface area contributed by atoms with Crippen LogP contribution in [0.5, 0.6) is 0 Å². The molecule has 2 aliphatic rings. The van der Waals surface area contributed by atoms with Crippen LogP contribution in [0.15, 0.2) is 24.5 Å². The lowest BCUT2D eigenvalue weighted by Gasteiger charge is -2.23. The summed E-state index contributed by atoms with van der Waals surface area (Å²) in [4.78, 5) is 23.5. The van der Waals surface area contributed by atoms with Gasteiger partial charge in [0.25, 0.3) is 0 Å². The van der Waals surface area contributed by atoms with E-state index in [-0.39, 0.29) is 17.7 Å². The average molecular weight is 261 g/mol. The van der Waals surface area contributed by atoms with Crippen molar-refractivity contribution in [3.8, 4) is 0 Å². The normalized spacial score (nSPS) is 31.6. The van der Waals surface area contributed by atoms with E-state index in [0.717, 1.165) is 12.0 Å². The van der Waals surface area contributed by atoms with Gasteiger partial charge in [-0.2, -0.15) is 5.10 Å². The Kier molecular flexibility index (Phi) is 2.85. The van der Waals surface area contributed by atoms with Gasteiger partial charge in [-0.15, -0.1) is 0 Å². The van der Waals surface area contributed by atoms with Crippen molar-refractivity contribution in [2.45, 2.75) is 13.0 Å². The van der Waals surface area contributed by atoms with Gasteiger partial charge in [0.05, 0.1) is 18.0 Å². The molecule has 1 aromatic rings. The summed E-state index contributed by atoms with van der Waals surface area (Å²) in [7, 11) is 0. The molecule has 1 heterocycles. The predicted octanol–water partition coefficient (Wildman–Crippen LogP) is 0.549. The standard InChI is InChI=1S/C13H15N3O3/c17-12(14-4-7-5-15-16-6-7)10-8-1-2-9(3-8)11(10)13(18)19/h1-2,5-6,8-11H,3-4H2,(H,14,17)(H,15,16)(H,18,19)/t8?,9?,10-,11+/m0/s1. The number of aromatic nitrogens is 2. The molecule has 0 saturated heterocycles. The summed E-state index contributed by atoms with van der Waals surface area (Å²) in [6, 6.07) is 0. The van der Waals surface area contributed by atoms with Crippen molar-refractivity contribution in [1.29, 1.82) is 0 Å². The largest absolute Gasteiger partial charge is 0.481 e. The molecule has 100 valence electrons. The van der Waals surface area contributed by atoms with Crippen molar-refractivity contribution in [2.24, 2.45) is 23.7 Å². The minimum Gasteiger partial charge on any atom is -0.481 e. The maximum absolute atomic E-state index is 12.2. The second-order valence-corrected chi connectivity index (χ2v) is 5.16. The van der Waals surface area contributed by atoms with Crippen LogP contribution in [0, 0.1) is 23.7 Å². The Morgan fingerprint density at radius 3 is 2.74 bits per heavy atom. The molecule has 19 heavy (non-hydrogen) atoms. The van der Waals surface area contributed by atoms with Crippen LogP contribution in [0.1, 0.15) is 12.0 Å². The number of fused-ring (bicyclic) bond motifs is 2. The predicted molar refractivity (Wildman–Crippen MR) is 65.8 cm³/mol. The highest BCUT2D eigenvalue weighted by Gasteiger charge is 2.51. The second kappa shape index (κ2) is 4.53. The first-order chi connectivity index (χ1) is 9.16. The molecule has 2 bridgehead atoms. The van der Waals surface area contributed by atoms with Crippen LogP contribution in [0.2, 0.25) is 0 Å². The lowest BCUT2D eigenvalue weighted by molar-refractivity contribution is -0.147. The molecule has 0 aromatic carbocycles. The maximum atomic E-state index is 12.2. The average Bonchev–Trinajstić information content (AvgIpc) is 3.10. The summed E-state index contributed by atoms with van der Waals surface area (Å²) in [5.41, 5.74) is 0.874. The number of hydrogen-bond donors (Lipinski definition) is 3. The summed E-state index contributed by atoms with van der Waals surface area (Å²) >= 11 is 0. The lowest BCUT2D eigenvalue weighted by Crippen LogP contribution is -2.39. The number of H-pyrrole nitrogens is 1. The Balaban J connectivity index is 1.68. The molecule has 1 amide bonds. The molecule has 0 aliphatic heterocycles. The van der Waals surface area contributed by atoms with E-state index in [0.29, 0.717) is 6.54 Å².